The second-order valence-corrected chi connectivity index (χ2v) is 11.0. The summed E-state index contributed by atoms with van der Waals surface area (Å²) in [6.45, 7) is 15.6. The van der Waals surface area contributed by atoms with Gasteiger partial charge in [-0.2, -0.15) is 0 Å². The van der Waals surface area contributed by atoms with Gasteiger partial charge in [-0.05, 0) is 65.7 Å². The largest absolute Gasteiger partial charge is 0.257 e. The van der Waals surface area contributed by atoms with Gasteiger partial charge in [0.25, 0.3) is 0 Å². The van der Waals surface area contributed by atoms with Gasteiger partial charge in [0.1, 0.15) is 0 Å². The number of hydrogen-bond donors (Lipinski definition) is 0. The van der Waals surface area contributed by atoms with Crippen LogP contribution in [0.3, 0.4) is 0 Å². The van der Waals surface area contributed by atoms with Gasteiger partial charge in [-0.3, -0.25) is 4.98 Å². The van der Waals surface area contributed by atoms with Gasteiger partial charge in [0.05, 0.1) is 5.69 Å². The molecule has 0 amide bonds. The fourth-order valence-corrected chi connectivity index (χ4v) is 6.10. The molecule has 0 saturated heterocycles. The van der Waals surface area contributed by atoms with Gasteiger partial charge < -0.3 is 0 Å². The standard InChI is InChI=1S/C36H36BN/c1-23-8-10-30(11-9-23)31-12-14-32(15-13-31)34-17-16-33(22-38-34)37(35-26(4)18-24(2)19-27(35)5)36-28(6)20-25(3)21-29(36)7/h8-22H,1-7H3. The Morgan fingerprint density at radius 2 is 0.868 bits per heavy atom. The third-order valence-electron chi connectivity index (χ3n) is 7.74. The lowest BCUT2D eigenvalue weighted by Gasteiger charge is -2.24. The van der Waals surface area contributed by atoms with E-state index in [1.54, 1.807) is 0 Å². The van der Waals surface area contributed by atoms with Crippen molar-refractivity contribution in [3.63, 3.8) is 0 Å². The summed E-state index contributed by atoms with van der Waals surface area (Å²) < 4.78 is 0. The number of rotatable bonds is 5. The maximum absolute atomic E-state index is 4.99. The van der Waals surface area contributed by atoms with Crippen molar-refractivity contribution in [3.8, 4) is 22.4 Å². The van der Waals surface area contributed by atoms with Crippen molar-refractivity contribution in [2.24, 2.45) is 0 Å². The second kappa shape index (κ2) is 10.5. The molecule has 188 valence electrons. The molecule has 5 aromatic rings. The molecule has 38 heavy (non-hydrogen) atoms. The first-order valence-electron chi connectivity index (χ1n) is 13.5. The van der Waals surface area contributed by atoms with Crippen molar-refractivity contribution < 1.29 is 0 Å². The number of benzene rings is 4. The van der Waals surface area contributed by atoms with E-state index in [9.17, 15) is 0 Å². The Morgan fingerprint density at radius 1 is 0.447 bits per heavy atom. The van der Waals surface area contributed by atoms with E-state index in [2.05, 4.69) is 140 Å². The lowest BCUT2D eigenvalue weighted by Crippen LogP contribution is -2.56. The van der Waals surface area contributed by atoms with Crippen molar-refractivity contribution in [1.29, 1.82) is 0 Å². The van der Waals surface area contributed by atoms with Crippen molar-refractivity contribution in [3.05, 3.63) is 130 Å². The Kier molecular flexibility index (Phi) is 7.08. The molecule has 0 bridgehead atoms. The van der Waals surface area contributed by atoms with Crippen LogP contribution < -0.4 is 16.4 Å². The van der Waals surface area contributed by atoms with Crippen LogP contribution in [0.15, 0.2) is 91.1 Å². The van der Waals surface area contributed by atoms with Gasteiger partial charge in [0, 0.05) is 11.8 Å². The number of nitrogens with zero attached hydrogens (tertiary/aromatic N) is 1. The molecule has 0 N–H and O–H groups in total. The molecule has 0 aliphatic carbocycles. The number of aryl methyl sites for hydroxylation is 7. The second-order valence-electron chi connectivity index (χ2n) is 11.0. The Labute approximate surface area is 228 Å². The Hall–Kier alpha value is -3.91. The molecule has 5 rings (SSSR count). The first kappa shape index (κ1) is 25.7. The highest BCUT2D eigenvalue weighted by Gasteiger charge is 2.28. The molecule has 2 heteroatoms. The molecule has 0 aliphatic heterocycles. The first-order valence-corrected chi connectivity index (χ1v) is 13.5. The van der Waals surface area contributed by atoms with Crippen LogP contribution in [0.4, 0.5) is 0 Å². The van der Waals surface area contributed by atoms with E-state index in [0.717, 1.165) is 11.3 Å². The summed E-state index contributed by atoms with van der Waals surface area (Å²) in [5.74, 6) is 0. The maximum atomic E-state index is 4.99. The van der Waals surface area contributed by atoms with E-state index in [0.29, 0.717) is 0 Å². The van der Waals surface area contributed by atoms with Gasteiger partial charge in [-0.1, -0.05) is 134 Å². The van der Waals surface area contributed by atoms with Crippen LogP contribution in [0, 0.1) is 48.5 Å². The zero-order valence-electron chi connectivity index (χ0n) is 23.7. The Morgan fingerprint density at radius 3 is 1.29 bits per heavy atom. The van der Waals surface area contributed by atoms with E-state index in [4.69, 9.17) is 4.98 Å². The predicted molar refractivity (Wildman–Crippen MR) is 166 cm³/mol. The third-order valence-corrected chi connectivity index (χ3v) is 7.74. The average Bonchev–Trinajstić information content (AvgIpc) is 2.87. The minimum absolute atomic E-state index is 0.140. The molecule has 0 spiro atoms. The van der Waals surface area contributed by atoms with Crippen LogP contribution >= 0.6 is 0 Å². The van der Waals surface area contributed by atoms with Crippen LogP contribution in [0.25, 0.3) is 22.4 Å². The minimum Gasteiger partial charge on any atom is -0.257 e. The summed E-state index contributed by atoms with van der Waals surface area (Å²) in [5.41, 5.74) is 17.8. The van der Waals surface area contributed by atoms with Gasteiger partial charge in [-0.15, -0.1) is 0 Å². The van der Waals surface area contributed by atoms with Crippen LogP contribution in [0.5, 0.6) is 0 Å². The summed E-state index contributed by atoms with van der Waals surface area (Å²) in [5, 5.41) is 0. The molecular weight excluding hydrogens is 457 g/mol. The highest BCUT2D eigenvalue weighted by Crippen LogP contribution is 2.24. The minimum atomic E-state index is 0.140. The maximum Gasteiger partial charge on any atom is 0.244 e. The molecule has 0 unspecified atom stereocenters. The molecule has 0 radical (unpaired) electrons. The van der Waals surface area contributed by atoms with Crippen molar-refractivity contribution in [2.45, 2.75) is 48.5 Å². The van der Waals surface area contributed by atoms with Crippen LogP contribution in [-0.2, 0) is 0 Å². The number of hydrogen-bond acceptors (Lipinski definition) is 1. The van der Waals surface area contributed by atoms with E-state index >= 15 is 0 Å². The SMILES string of the molecule is Cc1ccc(-c2ccc(-c3ccc(B(c4c(C)cc(C)cc4C)c4c(C)cc(C)cc4C)cn3)cc2)cc1. The molecule has 1 aromatic heterocycles. The molecular formula is C36H36BN. The van der Waals surface area contributed by atoms with E-state index in [1.807, 2.05) is 0 Å². The fraction of sp³-hybridized carbons (Fsp3) is 0.194. The Balaban J connectivity index is 1.56. The average molecular weight is 494 g/mol. The zero-order valence-corrected chi connectivity index (χ0v) is 23.7. The first-order chi connectivity index (χ1) is 18.2. The van der Waals surface area contributed by atoms with E-state index in [1.165, 1.54) is 66.5 Å². The van der Waals surface area contributed by atoms with E-state index in [-0.39, 0.29) is 6.71 Å². The van der Waals surface area contributed by atoms with Crippen molar-refractivity contribution in [2.75, 3.05) is 0 Å². The van der Waals surface area contributed by atoms with Crippen LogP contribution in [0.1, 0.15) is 38.9 Å². The number of aromatic nitrogens is 1. The van der Waals surface area contributed by atoms with Crippen LogP contribution in [-0.4, -0.2) is 11.7 Å². The summed E-state index contributed by atoms with van der Waals surface area (Å²) in [7, 11) is 0. The van der Waals surface area contributed by atoms with E-state index < -0.39 is 0 Å². The fourth-order valence-electron chi connectivity index (χ4n) is 6.10. The zero-order chi connectivity index (χ0) is 27.0. The lowest BCUT2D eigenvalue weighted by molar-refractivity contribution is 1.33. The van der Waals surface area contributed by atoms with Gasteiger partial charge in [-0.25, -0.2) is 0 Å². The molecule has 0 aliphatic rings. The van der Waals surface area contributed by atoms with Crippen LogP contribution in [0.2, 0.25) is 0 Å². The van der Waals surface area contributed by atoms with Gasteiger partial charge in [0.15, 0.2) is 0 Å². The Bertz CT molecular complexity index is 1490. The monoisotopic (exact) mass is 493 g/mol. The van der Waals surface area contributed by atoms with Crippen molar-refractivity contribution >= 4 is 23.1 Å². The van der Waals surface area contributed by atoms with Gasteiger partial charge >= 0.3 is 0 Å². The number of pyridine rings is 1. The summed E-state index contributed by atoms with van der Waals surface area (Å²) in [4.78, 5) is 4.99. The quantitative estimate of drug-likeness (QED) is 0.238. The molecule has 0 atom stereocenters. The van der Waals surface area contributed by atoms with Gasteiger partial charge in [0.2, 0.25) is 6.71 Å². The summed E-state index contributed by atoms with van der Waals surface area (Å²) in [6.07, 6.45) is 2.09. The summed E-state index contributed by atoms with van der Waals surface area (Å²) >= 11 is 0. The lowest BCUT2D eigenvalue weighted by atomic mass is 9.34. The predicted octanol–water partition coefficient (Wildman–Crippen LogP) is 7.09. The van der Waals surface area contributed by atoms with Crippen molar-refractivity contribution in [1.82, 2.24) is 4.98 Å². The third kappa shape index (κ3) is 5.09. The molecule has 1 nitrogen and oxygen atoms in total. The highest BCUT2D eigenvalue weighted by atomic mass is 14.7. The topological polar surface area (TPSA) is 12.9 Å². The molecule has 0 saturated carbocycles. The molecule has 1 heterocycles. The normalized spacial score (nSPS) is 11.0. The molecule has 0 fully saturated rings. The highest BCUT2D eigenvalue weighted by molar-refractivity contribution is 6.96. The summed E-state index contributed by atoms with van der Waals surface area (Å²) in [6, 6.07) is 31.1. The molecule has 4 aromatic carbocycles. The smallest absolute Gasteiger partial charge is 0.244 e.